The Hall–Kier alpha value is -2.09. The molecule has 21 heavy (non-hydrogen) atoms. The lowest BCUT2D eigenvalue weighted by Gasteiger charge is -2.33. The van der Waals surface area contributed by atoms with Gasteiger partial charge in [0.25, 0.3) is 0 Å². The van der Waals surface area contributed by atoms with E-state index in [0.29, 0.717) is 0 Å². The number of likely N-dealkylation sites (N-methyl/N-ethyl adjacent to an activating group) is 1. The van der Waals surface area contributed by atoms with E-state index in [0.717, 1.165) is 30.4 Å². The minimum absolute atomic E-state index is 0.0633. The van der Waals surface area contributed by atoms with Crippen LogP contribution in [0.1, 0.15) is 37.3 Å². The molecule has 0 unspecified atom stereocenters. The number of hydrogen-bond donors (Lipinski definition) is 1. The highest BCUT2D eigenvalue weighted by Gasteiger charge is 2.40. The summed E-state index contributed by atoms with van der Waals surface area (Å²) in [7, 11) is 1.72. The first-order chi connectivity index (χ1) is 10.3. The molecular weight excluding hydrogens is 258 g/mol. The lowest BCUT2D eigenvalue weighted by Crippen LogP contribution is -2.44. The summed E-state index contributed by atoms with van der Waals surface area (Å²) in [6, 6.07) is 20.2. The first kappa shape index (κ1) is 15.3. The van der Waals surface area contributed by atoms with Crippen molar-refractivity contribution < 1.29 is 4.79 Å². The van der Waals surface area contributed by atoms with Gasteiger partial charge in [0.2, 0.25) is 5.91 Å². The summed E-state index contributed by atoms with van der Waals surface area (Å²) in [4.78, 5) is 12.8. The van der Waals surface area contributed by atoms with Gasteiger partial charge in [0.05, 0.1) is 5.41 Å². The number of carbonyl (C=O) groups excluding carboxylic acids is 1. The van der Waals surface area contributed by atoms with Gasteiger partial charge in [-0.25, -0.2) is 0 Å². The van der Waals surface area contributed by atoms with Crippen molar-refractivity contribution >= 4 is 5.91 Å². The molecule has 2 aromatic rings. The minimum atomic E-state index is -0.604. The molecule has 2 rings (SSSR count). The molecule has 0 saturated heterocycles. The number of amides is 1. The fraction of sp³-hybridized carbons (Fsp3) is 0.316. The zero-order valence-corrected chi connectivity index (χ0v) is 12.8. The quantitative estimate of drug-likeness (QED) is 0.854. The van der Waals surface area contributed by atoms with Crippen molar-refractivity contribution in [2.75, 3.05) is 7.05 Å². The second kappa shape index (κ2) is 7.07. The molecule has 2 nitrogen and oxygen atoms in total. The Morgan fingerprint density at radius 1 is 0.952 bits per heavy atom. The van der Waals surface area contributed by atoms with Gasteiger partial charge in [-0.05, 0) is 17.5 Å². The third kappa shape index (κ3) is 2.99. The molecule has 0 aromatic heterocycles. The Morgan fingerprint density at radius 2 is 1.43 bits per heavy atom. The summed E-state index contributed by atoms with van der Waals surface area (Å²) in [5.41, 5.74) is 1.51. The number of benzene rings is 2. The van der Waals surface area contributed by atoms with E-state index in [1.54, 1.807) is 7.05 Å². The second-order valence-electron chi connectivity index (χ2n) is 5.32. The van der Waals surface area contributed by atoms with Crippen molar-refractivity contribution in [3.05, 3.63) is 71.8 Å². The monoisotopic (exact) mass is 281 g/mol. The van der Waals surface area contributed by atoms with Crippen LogP contribution in [0.25, 0.3) is 0 Å². The molecule has 1 N–H and O–H groups in total. The first-order valence-corrected chi connectivity index (χ1v) is 7.59. The van der Waals surface area contributed by atoms with Crippen LogP contribution in [-0.2, 0) is 10.2 Å². The highest BCUT2D eigenvalue weighted by atomic mass is 16.2. The lowest BCUT2D eigenvalue weighted by molar-refractivity contribution is -0.125. The van der Waals surface area contributed by atoms with E-state index in [1.807, 2.05) is 36.4 Å². The van der Waals surface area contributed by atoms with E-state index in [4.69, 9.17) is 0 Å². The van der Waals surface area contributed by atoms with E-state index in [9.17, 15) is 4.79 Å². The van der Waals surface area contributed by atoms with Crippen molar-refractivity contribution in [3.8, 4) is 0 Å². The zero-order chi connectivity index (χ0) is 15.1. The summed E-state index contributed by atoms with van der Waals surface area (Å²) in [5.74, 6) is 0.0633. The van der Waals surface area contributed by atoms with E-state index in [2.05, 4.69) is 36.5 Å². The molecule has 0 aliphatic carbocycles. The van der Waals surface area contributed by atoms with Crippen LogP contribution in [0.4, 0.5) is 0 Å². The van der Waals surface area contributed by atoms with E-state index in [-0.39, 0.29) is 5.91 Å². The molecule has 0 heterocycles. The summed E-state index contributed by atoms with van der Waals surface area (Å²) in [5, 5.41) is 2.87. The minimum Gasteiger partial charge on any atom is -0.358 e. The fourth-order valence-corrected chi connectivity index (χ4v) is 2.93. The highest BCUT2D eigenvalue weighted by molar-refractivity contribution is 5.91. The predicted octanol–water partition coefficient (Wildman–Crippen LogP) is 3.91. The van der Waals surface area contributed by atoms with Crippen LogP contribution in [0.15, 0.2) is 60.7 Å². The zero-order valence-electron chi connectivity index (χ0n) is 12.8. The van der Waals surface area contributed by atoms with Gasteiger partial charge >= 0.3 is 0 Å². The number of rotatable bonds is 6. The van der Waals surface area contributed by atoms with Crippen LogP contribution < -0.4 is 5.32 Å². The van der Waals surface area contributed by atoms with E-state index in [1.165, 1.54) is 0 Å². The Balaban J connectivity index is 2.62. The number of carbonyl (C=O) groups is 1. The van der Waals surface area contributed by atoms with Crippen LogP contribution in [0, 0.1) is 0 Å². The van der Waals surface area contributed by atoms with Gasteiger partial charge in [-0.15, -0.1) is 0 Å². The smallest absolute Gasteiger partial charge is 0.234 e. The average Bonchev–Trinajstić information content (AvgIpc) is 2.57. The Bertz CT molecular complexity index is 523. The average molecular weight is 281 g/mol. The fourth-order valence-electron chi connectivity index (χ4n) is 2.93. The first-order valence-electron chi connectivity index (χ1n) is 7.59. The van der Waals surface area contributed by atoms with E-state index >= 15 is 0 Å². The Labute approximate surface area is 127 Å². The molecule has 0 aliphatic heterocycles. The molecule has 110 valence electrons. The van der Waals surface area contributed by atoms with Crippen molar-refractivity contribution in [1.82, 2.24) is 5.32 Å². The van der Waals surface area contributed by atoms with Crippen LogP contribution >= 0.6 is 0 Å². The largest absolute Gasteiger partial charge is 0.358 e. The summed E-state index contributed by atoms with van der Waals surface area (Å²) < 4.78 is 0. The summed E-state index contributed by atoms with van der Waals surface area (Å²) in [6.45, 7) is 2.16. The van der Waals surface area contributed by atoms with Crippen molar-refractivity contribution in [2.45, 2.75) is 31.6 Å². The normalized spacial score (nSPS) is 11.1. The number of nitrogens with one attached hydrogen (secondary N) is 1. The van der Waals surface area contributed by atoms with Gasteiger partial charge in [0.15, 0.2) is 0 Å². The molecule has 0 bridgehead atoms. The molecule has 0 spiro atoms. The molecule has 0 fully saturated rings. The molecule has 0 radical (unpaired) electrons. The Morgan fingerprint density at radius 3 is 1.81 bits per heavy atom. The van der Waals surface area contributed by atoms with Gasteiger partial charge < -0.3 is 5.32 Å². The van der Waals surface area contributed by atoms with Crippen LogP contribution in [-0.4, -0.2) is 13.0 Å². The maximum absolute atomic E-state index is 12.8. The standard InChI is InChI=1S/C19H23NO/c1-3-4-15-19(18(21)20-2,16-11-7-5-8-12-16)17-13-9-6-10-14-17/h5-14H,3-4,15H2,1-2H3,(H,20,21). The summed E-state index contributed by atoms with van der Waals surface area (Å²) >= 11 is 0. The predicted molar refractivity (Wildman–Crippen MR) is 87.3 cm³/mol. The second-order valence-corrected chi connectivity index (χ2v) is 5.32. The molecule has 1 amide bonds. The maximum Gasteiger partial charge on any atom is 0.234 e. The lowest BCUT2D eigenvalue weighted by atomic mass is 9.70. The summed E-state index contributed by atoms with van der Waals surface area (Å²) in [6.07, 6.45) is 2.90. The van der Waals surface area contributed by atoms with E-state index < -0.39 is 5.41 Å². The molecule has 2 heteroatoms. The highest BCUT2D eigenvalue weighted by Crippen LogP contribution is 2.37. The van der Waals surface area contributed by atoms with Crippen LogP contribution in [0.3, 0.4) is 0 Å². The third-order valence-electron chi connectivity index (χ3n) is 4.05. The van der Waals surface area contributed by atoms with Gasteiger partial charge in [0, 0.05) is 7.05 Å². The van der Waals surface area contributed by atoms with Crippen molar-refractivity contribution in [1.29, 1.82) is 0 Å². The molecule has 0 atom stereocenters. The van der Waals surface area contributed by atoms with Crippen LogP contribution in [0.2, 0.25) is 0 Å². The Kier molecular flexibility index (Phi) is 5.15. The van der Waals surface area contributed by atoms with Gasteiger partial charge in [-0.3, -0.25) is 4.79 Å². The SMILES string of the molecule is CCCCC(C(=O)NC)(c1ccccc1)c1ccccc1. The molecule has 0 saturated carbocycles. The van der Waals surface area contributed by atoms with Gasteiger partial charge in [0.1, 0.15) is 0 Å². The van der Waals surface area contributed by atoms with Crippen LogP contribution in [0.5, 0.6) is 0 Å². The molecule has 2 aromatic carbocycles. The van der Waals surface area contributed by atoms with Gasteiger partial charge in [-0.2, -0.15) is 0 Å². The molecule has 0 aliphatic rings. The third-order valence-corrected chi connectivity index (χ3v) is 4.05. The molecular formula is C19H23NO. The number of unbranched alkanes of at least 4 members (excludes halogenated alkanes) is 1. The number of hydrogen-bond acceptors (Lipinski definition) is 1. The van der Waals surface area contributed by atoms with Crippen molar-refractivity contribution in [3.63, 3.8) is 0 Å². The topological polar surface area (TPSA) is 29.1 Å². The maximum atomic E-state index is 12.8. The van der Waals surface area contributed by atoms with Crippen molar-refractivity contribution in [2.24, 2.45) is 0 Å². The van der Waals surface area contributed by atoms with Gasteiger partial charge in [-0.1, -0.05) is 80.4 Å².